The highest BCUT2D eigenvalue weighted by Crippen LogP contribution is 2.31. The topological polar surface area (TPSA) is 9.34 Å². The van der Waals surface area contributed by atoms with E-state index in [4.69, 9.17) is 0 Å². The van der Waals surface area contributed by atoms with E-state index in [1.165, 1.54) is 38.8 Å². The Bertz CT molecular complexity index is 1160. The molecule has 0 aliphatic heterocycles. The van der Waals surface area contributed by atoms with Crippen molar-refractivity contribution < 1.29 is 0 Å². The largest absolute Gasteiger partial charge is 0.294 e. The first-order valence-electron chi connectivity index (χ1n) is 7.90. The summed E-state index contributed by atoms with van der Waals surface area (Å²) < 4.78 is 4.71. The maximum absolute atomic E-state index is 2.37. The van der Waals surface area contributed by atoms with Crippen molar-refractivity contribution in [2.45, 2.75) is 6.92 Å². The van der Waals surface area contributed by atoms with Crippen molar-refractivity contribution in [2.75, 3.05) is 0 Å². The number of hydrogen-bond donors (Lipinski definition) is 0. The molecule has 2 aromatic heterocycles. The van der Waals surface area contributed by atoms with E-state index in [9.17, 15) is 0 Å². The molecule has 0 saturated heterocycles. The smallest absolute Gasteiger partial charge is 0.123 e. The first-order valence-corrected chi connectivity index (χ1v) is 7.90. The van der Waals surface area contributed by atoms with Crippen LogP contribution in [0.25, 0.3) is 33.3 Å². The van der Waals surface area contributed by atoms with Gasteiger partial charge < -0.3 is 0 Å². The fourth-order valence-electron chi connectivity index (χ4n) is 3.53. The molecule has 23 heavy (non-hydrogen) atoms. The highest BCUT2D eigenvalue weighted by molar-refractivity contribution is 5.96. The quantitative estimate of drug-likeness (QED) is 0.395. The number of para-hydroxylation sites is 2. The van der Waals surface area contributed by atoms with E-state index >= 15 is 0 Å². The van der Waals surface area contributed by atoms with Gasteiger partial charge in [-0.3, -0.25) is 8.97 Å². The van der Waals surface area contributed by atoms with Crippen molar-refractivity contribution in [3.8, 4) is 5.69 Å². The molecule has 2 nitrogen and oxygen atoms in total. The van der Waals surface area contributed by atoms with Gasteiger partial charge in [-0.2, -0.15) is 0 Å². The number of hydrogen-bond acceptors (Lipinski definition) is 0. The summed E-state index contributed by atoms with van der Waals surface area (Å²) in [5.41, 5.74) is 7.43. The van der Waals surface area contributed by atoms with Gasteiger partial charge in [-0.15, -0.1) is 0 Å². The SMILES string of the molecule is Cc1ccc2c(c1)n1c3ccccc3cc1n2-c1ccccc1. The first kappa shape index (κ1) is 12.5. The van der Waals surface area contributed by atoms with E-state index in [0.717, 1.165) is 0 Å². The predicted molar refractivity (Wildman–Crippen MR) is 96.5 cm³/mol. The van der Waals surface area contributed by atoms with Crippen molar-refractivity contribution in [3.63, 3.8) is 0 Å². The van der Waals surface area contributed by atoms with Crippen LogP contribution < -0.4 is 0 Å². The number of aryl methyl sites for hydroxylation is 1. The summed E-state index contributed by atoms with van der Waals surface area (Å²) in [5, 5.41) is 1.27. The highest BCUT2D eigenvalue weighted by atomic mass is 15.1. The van der Waals surface area contributed by atoms with Gasteiger partial charge in [0.1, 0.15) is 5.65 Å². The minimum atomic E-state index is 1.19. The third-order valence-electron chi connectivity index (χ3n) is 4.55. The Balaban J connectivity index is 2.06. The van der Waals surface area contributed by atoms with E-state index in [1.54, 1.807) is 0 Å². The molecule has 0 aliphatic carbocycles. The highest BCUT2D eigenvalue weighted by Gasteiger charge is 2.15. The van der Waals surface area contributed by atoms with Crippen LogP contribution in [0.3, 0.4) is 0 Å². The van der Waals surface area contributed by atoms with Crippen molar-refractivity contribution in [2.24, 2.45) is 0 Å². The third kappa shape index (κ3) is 1.69. The molecule has 3 aromatic carbocycles. The zero-order valence-electron chi connectivity index (χ0n) is 12.9. The number of nitrogens with zero attached hydrogens (tertiary/aromatic N) is 2. The minimum absolute atomic E-state index is 1.19. The first-order chi connectivity index (χ1) is 11.3. The molecule has 0 spiro atoms. The molecule has 5 rings (SSSR count). The molecule has 0 radical (unpaired) electrons. The lowest BCUT2D eigenvalue weighted by atomic mass is 10.2. The number of aromatic nitrogens is 2. The van der Waals surface area contributed by atoms with Crippen LogP contribution in [0.1, 0.15) is 5.56 Å². The third-order valence-corrected chi connectivity index (χ3v) is 4.55. The van der Waals surface area contributed by atoms with E-state index in [0.29, 0.717) is 0 Å². The van der Waals surface area contributed by atoms with Crippen molar-refractivity contribution in [3.05, 3.63) is 84.4 Å². The number of benzene rings is 3. The maximum Gasteiger partial charge on any atom is 0.123 e. The average molecular weight is 296 g/mol. The Morgan fingerprint density at radius 2 is 1.43 bits per heavy atom. The van der Waals surface area contributed by atoms with Gasteiger partial charge in [0, 0.05) is 11.1 Å². The monoisotopic (exact) mass is 296 g/mol. The van der Waals surface area contributed by atoms with Crippen LogP contribution in [0, 0.1) is 6.92 Å². The Morgan fingerprint density at radius 3 is 2.30 bits per heavy atom. The lowest BCUT2D eigenvalue weighted by Crippen LogP contribution is -1.92. The molecule has 0 amide bonds. The van der Waals surface area contributed by atoms with Crippen molar-refractivity contribution >= 4 is 27.6 Å². The second-order valence-corrected chi connectivity index (χ2v) is 6.06. The fourth-order valence-corrected chi connectivity index (χ4v) is 3.53. The van der Waals surface area contributed by atoms with Gasteiger partial charge in [-0.05, 0) is 48.9 Å². The Labute approximate surface area is 134 Å². The molecule has 0 unspecified atom stereocenters. The van der Waals surface area contributed by atoms with Crippen LogP contribution in [0.4, 0.5) is 0 Å². The lowest BCUT2D eigenvalue weighted by Gasteiger charge is -2.05. The molecular weight excluding hydrogens is 280 g/mol. The molecule has 0 atom stereocenters. The standard InChI is InChI=1S/C21H16N2/c1-15-11-12-19-20(13-15)23-18-10-6-5-7-16(18)14-21(23)22(19)17-8-3-2-4-9-17/h2-14H,1H3. The number of imidazole rings is 1. The summed E-state index contributed by atoms with van der Waals surface area (Å²) in [6.45, 7) is 2.15. The Kier molecular flexibility index (Phi) is 2.45. The molecule has 5 aromatic rings. The normalized spacial score (nSPS) is 11.7. The average Bonchev–Trinajstić information content (AvgIpc) is 3.10. The molecule has 2 heterocycles. The van der Waals surface area contributed by atoms with Gasteiger partial charge in [0.25, 0.3) is 0 Å². The molecule has 0 N–H and O–H groups in total. The van der Waals surface area contributed by atoms with Crippen LogP contribution in [0.2, 0.25) is 0 Å². The lowest BCUT2D eigenvalue weighted by molar-refractivity contribution is 1.15. The van der Waals surface area contributed by atoms with Crippen LogP contribution in [0.5, 0.6) is 0 Å². The van der Waals surface area contributed by atoms with E-state index in [1.807, 2.05) is 0 Å². The Morgan fingerprint density at radius 1 is 0.652 bits per heavy atom. The molecular formula is C21H16N2. The zero-order valence-corrected chi connectivity index (χ0v) is 12.9. The van der Waals surface area contributed by atoms with Gasteiger partial charge in [0.15, 0.2) is 0 Å². The second kappa shape index (κ2) is 4.50. The maximum atomic E-state index is 2.37. The minimum Gasteiger partial charge on any atom is -0.294 e. The van der Waals surface area contributed by atoms with Gasteiger partial charge in [-0.1, -0.05) is 42.5 Å². The molecule has 110 valence electrons. The second-order valence-electron chi connectivity index (χ2n) is 6.06. The molecule has 0 fully saturated rings. The molecule has 0 saturated carbocycles. The van der Waals surface area contributed by atoms with Gasteiger partial charge in [0.2, 0.25) is 0 Å². The fraction of sp³-hybridized carbons (Fsp3) is 0.0476. The summed E-state index contributed by atoms with van der Waals surface area (Å²) in [7, 11) is 0. The number of fused-ring (bicyclic) bond motifs is 5. The predicted octanol–water partition coefficient (Wildman–Crippen LogP) is 5.34. The summed E-state index contributed by atoms with van der Waals surface area (Å²) in [6, 6.07) is 28.1. The summed E-state index contributed by atoms with van der Waals surface area (Å²) in [6.07, 6.45) is 0. The van der Waals surface area contributed by atoms with Crippen LogP contribution >= 0.6 is 0 Å². The zero-order chi connectivity index (χ0) is 15.4. The van der Waals surface area contributed by atoms with Crippen LogP contribution in [-0.2, 0) is 0 Å². The van der Waals surface area contributed by atoms with E-state index in [-0.39, 0.29) is 0 Å². The summed E-state index contributed by atoms with van der Waals surface area (Å²) in [5.74, 6) is 0. The van der Waals surface area contributed by atoms with Gasteiger partial charge in [0.05, 0.1) is 16.6 Å². The van der Waals surface area contributed by atoms with Gasteiger partial charge in [-0.25, -0.2) is 0 Å². The summed E-state index contributed by atoms with van der Waals surface area (Å²) in [4.78, 5) is 0. The van der Waals surface area contributed by atoms with Crippen molar-refractivity contribution in [1.29, 1.82) is 0 Å². The number of rotatable bonds is 1. The van der Waals surface area contributed by atoms with Crippen LogP contribution in [0.15, 0.2) is 78.9 Å². The van der Waals surface area contributed by atoms with E-state index < -0.39 is 0 Å². The van der Waals surface area contributed by atoms with Crippen molar-refractivity contribution in [1.82, 2.24) is 8.97 Å². The molecule has 2 heteroatoms. The van der Waals surface area contributed by atoms with E-state index in [2.05, 4.69) is 94.8 Å². The molecule has 0 aliphatic rings. The molecule has 0 bridgehead atoms. The summed E-state index contributed by atoms with van der Waals surface area (Å²) >= 11 is 0. The van der Waals surface area contributed by atoms with Crippen LogP contribution in [-0.4, -0.2) is 8.97 Å². The van der Waals surface area contributed by atoms with Gasteiger partial charge >= 0.3 is 0 Å². The Hall–Kier alpha value is -3.00.